The van der Waals surface area contributed by atoms with Crippen LogP contribution in [0.2, 0.25) is 0 Å². The van der Waals surface area contributed by atoms with E-state index in [1.165, 1.54) is 24.0 Å². The Labute approximate surface area is 117 Å². The van der Waals surface area contributed by atoms with Crippen LogP contribution in [0, 0.1) is 0 Å². The molecule has 0 unspecified atom stereocenters. The van der Waals surface area contributed by atoms with E-state index in [0.29, 0.717) is 5.69 Å². The van der Waals surface area contributed by atoms with Gasteiger partial charge >= 0.3 is 0 Å². The number of aryl methyl sites for hydroxylation is 2. The smallest absolute Gasteiger partial charge is 0.266 e. The van der Waals surface area contributed by atoms with Crippen LogP contribution in [0.25, 0.3) is 0 Å². The first-order chi connectivity index (χ1) is 9.83. The van der Waals surface area contributed by atoms with Crippen molar-refractivity contribution in [2.75, 3.05) is 0 Å². The highest BCUT2D eigenvalue weighted by atomic mass is 16.2. The summed E-state index contributed by atoms with van der Waals surface area (Å²) in [5.41, 5.74) is 6.67. The van der Waals surface area contributed by atoms with Crippen molar-refractivity contribution >= 4 is 12.1 Å². The molecule has 0 aliphatic heterocycles. The third-order valence-electron chi connectivity index (χ3n) is 3.40. The molecule has 4 heteroatoms. The fourth-order valence-electron chi connectivity index (χ4n) is 2.39. The standard InChI is InChI=1S/C16H15N3O/c20-16(15-6-1-2-9-17-15)19-18-11-12-7-8-13-4-3-5-14(13)10-12/h1-2,6-11H,3-5H2,(H,19,20). The number of pyridine rings is 1. The summed E-state index contributed by atoms with van der Waals surface area (Å²) in [4.78, 5) is 15.7. The number of hydrogen-bond donors (Lipinski definition) is 1. The van der Waals surface area contributed by atoms with Crippen molar-refractivity contribution in [2.45, 2.75) is 19.3 Å². The monoisotopic (exact) mass is 265 g/mol. The molecule has 0 saturated heterocycles. The number of nitrogens with zero attached hydrogens (tertiary/aromatic N) is 2. The summed E-state index contributed by atoms with van der Waals surface area (Å²) in [7, 11) is 0. The van der Waals surface area contributed by atoms with E-state index in [0.717, 1.165) is 12.0 Å². The first-order valence-corrected chi connectivity index (χ1v) is 6.69. The van der Waals surface area contributed by atoms with Crippen LogP contribution in [0.4, 0.5) is 0 Å². The zero-order chi connectivity index (χ0) is 13.8. The summed E-state index contributed by atoms with van der Waals surface area (Å²) in [6.45, 7) is 0. The van der Waals surface area contributed by atoms with Crippen LogP contribution in [-0.4, -0.2) is 17.1 Å². The second-order valence-electron chi connectivity index (χ2n) is 4.80. The van der Waals surface area contributed by atoms with Gasteiger partial charge in [-0.15, -0.1) is 0 Å². The number of hydrogen-bond acceptors (Lipinski definition) is 3. The fraction of sp³-hybridized carbons (Fsp3) is 0.188. The number of aromatic nitrogens is 1. The van der Waals surface area contributed by atoms with E-state index in [4.69, 9.17) is 0 Å². The fourth-order valence-corrected chi connectivity index (χ4v) is 2.39. The minimum absolute atomic E-state index is 0.303. The first-order valence-electron chi connectivity index (χ1n) is 6.69. The number of carbonyl (C=O) groups excluding carboxylic acids is 1. The maximum atomic E-state index is 11.7. The molecule has 1 aromatic heterocycles. The average Bonchev–Trinajstić information content (AvgIpc) is 2.95. The van der Waals surface area contributed by atoms with E-state index in [2.05, 4.69) is 27.6 Å². The molecule has 4 nitrogen and oxygen atoms in total. The molecule has 0 saturated carbocycles. The molecule has 1 amide bonds. The van der Waals surface area contributed by atoms with Gasteiger partial charge in [0.25, 0.3) is 5.91 Å². The van der Waals surface area contributed by atoms with Gasteiger partial charge in [0.15, 0.2) is 0 Å². The summed E-state index contributed by atoms with van der Waals surface area (Å²) >= 11 is 0. The molecule has 3 rings (SSSR count). The topological polar surface area (TPSA) is 54.4 Å². The van der Waals surface area contributed by atoms with Crippen LogP contribution < -0.4 is 5.43 Å². The summed E-state index contributed by atoms with van der Waals surface area (Å²) in [6.07, 6.45) is 6.78. The molecular formula is C16H15N3O. The Bertz CT molecular complexity index is 650. The van der Waals surface area contributed by atoms with Gasteiger partial charge in [0.1, 0.15) is 5.69 Å². The van der Waals surface area contributed by atoms with Gasteiger partial charge in [-0.05, 0) is 54.2 Å². The highest BCUT2D eigenvalue weighted by Gasteiger charge is 2.10. The maximum absolute atomic E-state index is 11.7. The van der Waals surface area contributed by atoms with Gasteiger partial charge < -0.3 is 0 Å². The Balaban J connectivity index is 1.65. The Morgan fingerprint density at radius 3 is 2.95 bits per heavy atom. The minimum atomic E-state index is -0.303. The van der Waals surface area contributed by atoms with Crippen LogP contribution in [0.1, 0.15) is 33.6 Å². The van der Waals surface area contributed by atoms with Crippen LogP contribution in [-0.2, 0) is 12.8 Å². The van der Waals surface area contributed by atoms with Crippen LogP contribution in [0.5, 0.6) is 0 Å². The molecule has 0 radical (unpaired) electrons. The Morgan fingerprint density at radius 2 is 2.10 bits per heavy atom. The molecule has 0 spiro atoms. The third kappa shape index (κ3) is 2.74. The molecule has 0 atom stereocenters. The summed E-state index contributed by atoms with van der Waals surface area (Å²) in [6, 6.07) is 11.5. The second-order valence-corrected chi connectivity index (χ2v) is 4.80. The molecule has 1 N–H and O–H groups in total. The summed E-state index contributed by atoms with van der Waals surface area (Å²) in [5.74, 6) is -0.303. The molecular weight excluding hydrogens is 250 g/mol. The van der Waals surface area contributed by atoms with Crippen molar-refractivity contribution in [3.05, 3.63) is 65.0 Å². The molecule has 1 aromatic carbocycles. The number of benzene rings is 1. The third-order valence-corrected chi connectivity index (χ3v) is 3.40. The summed E-state index contributed by atoms with van der Waals surface area (Å²) < 4.78 is 0. The zero-order valence-electron chi connectivity index (χ0n) is 11.0. The van der Waals surface area contributed by atoms with Crippen LogP contribution in [0.15, 0.2) is 47.7 Å². The lowest BCUT2D eigenvalue weighted by atomic mass is 10.1. The molecule has 2 aromatic rings. The van der Waals surface area contributed by atoms with Gasteiger partial charge in [0.05, 0.1) is 6.21 Å². The van der Waals surface area contributed by atoms with E-state index in [1.54, 1.807) is 30.6 Å². The molecule has 20 heavy (non-hydrogen) atoms. The molecule has 0 bridgehead atoms. The predicted molar refractivity (Wildman–Crippen MR) is 77.8 cm³/mol. The van der Waals surface area contributed by atoms with E-state index >= 15 is 0 Å². The van der Waals surface area contributed by atoms with E-state index in [9.17, 15) is 4.79 Å². The lowest BCUT2D eigenvalue weighted by Gasteiger charge is -2.01. The zero-order valence-corrected chi connectivity index (χ0v) is 11.0. The van der Waals surface area contributed by atoms with E-state index in [-0.39, 0.29) is 5.91 Å². The Kier molecular flexibility index (Phi) is 3.54. The van der Waals surface area contributed by atoms with Gasteiger partial charge in [0.2, 0.25) is 0 Å². The van der Waals surface area contributed by atoms with Crippen molar-refractivity contribution in [3.63, 3.8) is 0 Å². The van der Waals surface area contributed by atoms with Gasteiger partial charge in [-0.25, -0.2) is 5.43 Å². The number of hydrazone groups is 1. The number of carbonyl (C=O) groups is 1. The van der Waals surface area contributed by atoms with Crippen LogP contribution in [0.3, 0.4) is 0 Å². The highest BCUT2D eigenvalue weighted by molar-refractivity contribution is 5.93. The second kappa shape index (κ2) is 5.65. The van der Waals surface area contributed by atoms with Crippen molar-refractivity contribution in [3.8, 4) is 0 Å². The quantitative estimate of drug-likeness (QED) is 0.684. The number of nitrogens with one attached hydrogen (secondary N) is 1. The lowest BCUT2D eigenvalue weighted by Crippen LogP contribution is -2.18. The van der Waals surface area contributed by atoms with Crippen molar-refractivity contribution in [1.29, 1.82) is 0 Å². The Hall–Kier alpha value is -2.49. The molecule has 1 heterocycles. The van der Waals surface area contributed by atoms with Crippen molar-refractivity contribution in [1.82, 2.24) is 10.4 Å². The lowest BCUT2D eigenvalue weighted by molar-refractivity contribution is 0.0950. The van der Waals surface area contributed by atoms with Gasteiger partial charge in [-0.1, -0.05) is 18.2 Å². The number of amides is 1. The molecule has 1 aliphatic rings. The largest absolute Gasteiger partial charge is 0.289 e. The normalized spacial score (nSPS) is 13.4. The first kappa shape index (κ1) is 12.5. The SMILES string of the molecule is O=C(NN=Cc1ccc2c(c1)CCC2)c1ccccn1. The average molecular weight is 265 g/mol. The van der Waals surface area contributed by atoms with E-state index in [1.807, 2.05) is 6.07 Å². The highest BCUT2D eigenvalue weighted by Crippen LogP contribution is 2.22. The van der Waals surface area contributed by atoms with E-state index < -0.39 is 0 Å². The molecule has 100 valence electrons. The van der Waals surface area contributed by atoms with Crippen molar-refractivity contribution < 1.29 is 4.79 Å². The van der Waals surface area contributed by atoms with Crippen LogP contribution >= 0.6 is 0 Å². The number of fused-ring (bicyclic) bond motifs is 1. The van der Waals surface area contributed by atoms with Crippen molar-refractivity contribution in [2.24, 2.45) is 5.10 Å². The maximum Gasteiger partial charge on any atom is 0.289 e. The Morgan fingerprint density at radius 1 is 1.20 bits per heavy atom. The van der Waals surface area contributed by atoms with Gasteiger partial charge in [-0.2, -0.15) is 5.10 Å². The van der Waals surface area contributed by atoms with Gasteiger partial charge in [0, 0.05) is 6.20 Å². The molecule has 1 aliphatic carbocycles. The minimum Gasteiger partial charge on any atom is -0.266 e. The predicted octanol–water partition coefficient (Wildman–Crippen LogP) is 2.33. The molecule has 0 fully saturated rings. The van der Waals surface area contributed by atoms with Gasteiger partial charge in [-0.3, -0.25) is 9.78 Å². The summed E-state index contributed by atoms with van der Waals surface area (Å²) in [5, 5.41) is 3.98. The number of rotatable bonds is 3.